The lowest BCUT2D eigenvalue weighted by Crippen LogP contribution is -2.45. The number of aromatic nitrogens is 2. The van der Waals surface area contributed by atoms with Crippen molar-refractivity contribution in [3.8, 4) is 0 Å². The highest BCUT2D eigenvalue weighted by atomic mass is 32.1. The topological polar surface area (TPSA) is 27.1 Å². The van der Waals surface area contributed by atoms with Crippen molar-refractivity contribution in [3.05, 3.63) is 36.7 Å². The van der Waals surface area contributed by atoms with E-state index in [-0.39, 0.29) is 10.3 Å². The molecule has 0 saturated heterocycles. The van der Waals surface area contributed by atoms with Crippen molar-refractivity contribution in [2.24, 2.45) is 7.05 Å². The van der Waals surface area contributed by atoms with Gasteiger partial charge in [-0.15, -0.1) is 0 Å². The largest absolute Gasteiger partial charge is 0.428 e. The van der Waals surface area contributed by atoms with Gasteiger partial charge >= 0.3 is 7.48 Å². The van der Waals surface area contributed by atoms with Crippen LogP contribution in [-0.4, -0.2) is 27.4 Å². The van der Waals surface area contributed by atoms with E-state index in [1.165, 1.54) is 21.8 Å². The third kappa shape index (κ3) is 2.88. The minimum atomic E-state index is -0.367. The van der Waals surface area contributed by atoms with Gasteiger partial charge in [-0.1, -0.05) is 17.6 Å². The maximum Gasteiger partial charge on any atom is 0.330 e. The van der Waals surface area contributed by atoms with Crippen LogP contribution in [0.15, 0.2) is 36.7 Å². The van der Waals surface area contributed by atoms with Crippen LogP contribution in [0.2, 0.25) is 0 Å². The fraction of sp³-hybridized carbons (Fsp3) is 0.389. The van der Waals surface area contributed by atoms with Gasteiger partial charge in [-0.3, -0.25) is 4.98 Å². The predicted octanol–water partition coefficient (Wildman–Crippen LogP) is 3.47. The lowest BCUT2D eigenvalue weighted by Gasteiger charge is -2.38. The van der Waals surface area contributed by atoms with Crippen LogP contribution in [0.3, 0.4) is 0 Å². The quantitative estimate of drug-likeness (QED) is 0.587. The summed E-state index contributed by atoms with van der Waals surface area (Å²) in [6, 6.07) is 8.41. The van der Waals surface area contributed by atoms with Gasteiger partial charge in [-0.2, -0.15) is 12.6 Å². The van der Waals surface area contributed by atoms with E-state index in [4.69, 9.17) is 4.65 Å². The van der Waals surface area contributed by atoms with Crippen LogP contribution in [0.25, 0.3) is 21.8 Å². The summed E-state index contributed by atoms with van der Waals surface area (Å²) < 4.78 is 7.97. The van der Waals surface area contributed by atoms with Gasteiger partial charge in [0.15, 0.2) is 0 Å². The van der Waals surface area contributed by atoms with Gasteiger partial charge in [0, 0.05) is 40.5 Å². The number of thiol groups is 1. The van der Waals surface area contributed by atoms with Crippen LogP contribution in [0.4, 0.5) is 0 Å². The highest BCUT2D eigenvalue weighted by Gasteiger charge is 2.34. The summed E-state index contributed by atoms with van der Waals surface area (Å²) in [5.41, 5.74) is 3.04. The Morgan fingerprint density at radius 1 is 1.09 bits per heavy atom. The monoisotopic (exact) mass is 325 g/mol. The van der Waals surface area contributed by atoms with Crippen molar-refractivity contribution >= 4 is 47.4 Å². The van der Waals surface area contributed by atoms with Gasteiger partial charge in [0.25, 0.3) is 0 Å². The first-order valence-corrected chi connectivity index (χ1v) is 8.21. The molecular weight excluding hydrogens is 303 g/mol. The highest BCUT2D eigenvalue weighted by molar-refractivity contribution is 7.81. The number of pyridine rings is 1. The summed E-state index contributed by atoms with van der Waals surface area (Å²) in [5, 5.41) is 2.39. The lowest BCUT2D eigenvalue weighted by molar-refractivity contribution is 0.0855. The van der Waals surface area contributed by atoms with Crippen LogP contribution < -0.4 is 5.46 Å². The van der Waals surface area contributed by atoms with Crippen molar-refractivity contribution < 1.29 is 4.65 Å². The lowest BCUT2D eigenvalue weighted by atomic mass is 9.83. The zero-order valence-corrected chi connectivity index (χ0v) is 15.2. The van der Waals surface area contributed by atoms with E-state index in [1.807, 2.05) is 25.9 Å². The van der Waals surface area contributed by atoms with Crippen LogP contribution in [0, 0.1) is 0 Å². The molecule has 3 aromatic rings. The first kappa shape index (κ1) is 16.4. The third-order valence-corrected chi connectivity index (χ3v) is 5.33. The fourth-order valence-corrected chi connectivity index (χ4v) is 2.56. The molecule has 23 heavy (non-hydrogen) atoms. The van der Waals surface area contributed by atoms with E-state index in [9.17, 15) is 0 Å². The van der Waals surface area contributed by atoms with Crippen molar-refractivity contribution in [1.82, 2.24) is 9.55 Å². The number of nitrogens with zero attached hydrogens (tertiary/aromatic N) is 2. The average molecular weight is 325 g/mol. The maximum atomic E-state index is 6.02. The second kappa shape index (κ2) is 5.57. The normalized spacial score (nSPS) is 13.0. The van der Waals surface area contributed by atoms with Gasteiger partial charge < -0.3 is 9.22 Å². The number of aryl methyl sites for hydroxylation is 1. The molecule has 0 fully saturated rings. The molecule has 0 aliphatic heterocycles. The molecule has 0 aliphatic carbocycles. The Bertz CT molecular complexity index is 864. The zero-order valence-electron chi connectivity index (χ0n) is 14.3. The standard InChI is InChI=1S/C18H22BN2OS/c1-17(2,18(3,4)23)22-19-12-6-7-13-14-11-20-9-8-15(14)21(5)16(13)10-12/h6-11,23H,1-5H3. The second-order valence-corrected chi connectivity index (χ2v) is 8.15. The predicted molar refractivity (Wildman–Crippen MR) is 102 cm³/mol. The Kier molecular flexibility index (Phi) is 3.97. The van der Waals surface area contributed by atoms with E-state index in [0.29, 0.717) is 0 Å². The van der Waals surface area contributed by atoms with E-state index in [0.717, 1.165) is 5.46 Å². The SMILES string of the molecule is Cn1c2ccncc2c2ccc([B]OC(C)(C)C(C)(C)S)cc21. The van der Waals surface area contributed by atoms with Crippen LogP contribution in [0.1, 0.15) is 27.7 Å². The summed E-state index contributed by atoms with van der Waals surface area (Å²) in [4.78, 5) is 4.24. The molecular formula is C18H22BN2OS. The first-order chi connectivity index (χ1) is 10.7. The fourth-order valence-electron chi connectivity index (χ4n) is 2.50. The first-order valence-electron chi connectivity index (χ1n) is 7.76. The van der Waals surface area contributed by atoms with Gasteiger partial charge in [-0.25, -0.2) is 0 Å². The summed E-state index contributed by atoms with van der Waals surface area (Å²) in [6.07, 6.45) is 3.75. The summed E-state index contributed by atoms with van der Waals surface area (Å²) in [7, 11) is 3.91. The molecule has 3 rings (SSSR count). The molecule has 1 aromatic carbocycles. The highest BCUT2D eigenvalue weighted by Crippen LogP contribution is 2.31. The zero-order chi connectivity index (χ0) is 16.8. The van der Waals surface area contributed by atoms with Crippen LogP contribution in [0.5, 0.6) is 0 Å². The molecule has 0 N–H and O–H groups in total. The molecule has 0 aliphatic rings. The molecule has 0 unspecified atom stereocenters. The smallest absolute Gasteiger partial charge is 0.330 e. The van der Waals surface area contributed by atoms with Crippen molar-refractivity contribution in [2.45, 2.75) is 38.0 Å². The number of hydrogen-bond donors (Lipinski definition) is 1. The Labute approximate surface area is 143 Å². The average Bonchev–Trinajstić information content (AvgIpc) is 2.78. The molecule has 0 spiro atoms. The number of benzene rings is 1. The number of hydrogen-bond acceptors (Lipinski definition) is 3. The van der Waals surface area contributed by atoms with Gasteiger partial charge in [-0.05, 0) is 39.8 Å². The Morgan fingerprint density at radius 2 is 1.83 bits per heavy atom. The van der Waals surface area contributed by atoms with Crippen molar-refractivity contribution in [3.63, 3.8) is 0 Å². The minimum Gasteiger partial charge on any atom is -0.428 e. The molecule has 0 saturated carbocycles. The van der Waals surface area contributed by atoms with Crippen molar-refractivity contribution in [2.75, 3.05) is 0 Å². The van der Waals surface area contributed by atoms with Gasteiger partial charge in [0.05, 0.1) is 11.1 Å². The molecule has 0 bridgehead atoms. The second-order valence-electron chi connectivity index (χ2n) is 7.03. The van der Waals surface area contributed by atoms with Gasteiger partial charge in [0.1, 0.15) is 0 Å². The molecule has 3 nitrogen and oxygen atoms in total. The maximum absolute atomic E-state index is 6.02. The third-order valence-electron chi connectivity index (χ3n) is 4.80. The van der Waals surface area contributed by atoms with Crippen molar-refractivity contribution in [1.29, 1.82) is 0 Å². The van der Waals surface area contributed by atoms with Gasteiger partial charge in [0.2, 0.25) is 0 Å². The number of fused-ring (bicyclic) bond motifs is 3. The Balaban J connectivity index is 1.95. The van der Waals surface area contributed by atoms with Crippen LogP contribution >= 0.6 is 12.6 Å². The summed E-state index contributed by atoms with van der Waals surface area (Å²) >= 11 is 4.63. The van der Waals surface area contributed by atoms with Crippen LogP contribution in [-0.2, 0) is 11.7 Å². The Hall–Kier alpha value is -1.46. The van der Waals surface area contributed by atoms with E-state index in [2.05, 4.69) is 75.1 Å². The molecule has 119 valence electrons. The molecule has 0 atom stereocenters. The molecule has 2 heterocycles. The van der Waals surface area contributed by atoms with E-state index < -0.39 is 0 Å². The number of rotatable bonds is 4. The minimum absolute atomic E-state index is 0.237. The Morgan fingerprint density at radius 3 is 2.52 bits per heavy atom. The summed E-state index contributed by atoms with van der Waals surface area (Å²) in [6.45, 7) is 8.23. The molecule has 5 heteroatoms. The molecule has 2 aromatic heterocycles. The van der Waals surface area contributed by atoms with E-state index in [1.54, 1.807) is 0 Å². The molecule has 0 amide bonds. The van der Waals surface area contributed by atoms with E-state index >= 15 is 0 Å². The summed E-state index contributed by atoms with van der Waals surface area (Å²) in [5.74, 6) is 0. The molecule has 1 radical (unpaired) electrons.